The molecule has 3 rings (SSSR count). The van der Waals surface area contributed by atoms with Crippen molar-refractivity contribution in [1.82, 2.24) is 24.7 Å². The summed E-state index contributed by atoms with van der Waals surface area (Å²) in [6.07, 6.45) is 2.67. The largest absolute Gasteiger partial charge is 0.481 e. The first-order valence-corrected chi connectivity index (χ1v) is 7.07. The first-order chi connectivity index (χ1) is 10.3. The molecule has 110 valence electrons. The molecule has 7 nitrogen and oxygen atoms in total. The molecule has 0 aliphatic carbocycles. The van der Waals surface area contributed by atoms with Gasteiger partial charge in [0.15, 0.2) is 12.0 Å². The van der Waals surface area contributed by atoms with Gasteiger partial charge >= 0.3 is 0 Å². The number of hydrogen-bond acceptors (Lipinski definition) is 6. The van der Waals surface area contributed by atoms with Gasteiger partial charge in [-0.2, -0.15) is 9.97 Å². The molecule has 0 fully saturated rings. The Labute approximate surface area is 125 Å². The Bertz CT molecular complexity index is 726. The number of pyridine rings is 1. The number of aryl methyl sites for hydroxylation is 3. The van der Waals surface area contributed by atoms with Crippen LogP contribution in [0.25, 0.3) is 11.2 Å². The molecular weight excluding hydrogens is 294 g/mol. The van der Waals surface area contributed by atoms with E-state index >= 15 is 0 Å². The molecule has 0 aliphatic heterocycles. The van der Waals surface area contributed by atoms with E-state index in [4.69, 9.17) is 20.9 Å². The number of halogens is 1. The Morgan fingerprint density at radius 1 is 1.29 bits per heavy atom. The van der Waals surface area contributed by atoms with Crippen LogP contribution in [0, 0.1) is 0 Å². The third-order valence-corrected chi connectivity index (χ3v) is 3.32. The van der Waals surface area contributed by atoms with Crippen LogP contribution in [0.1, 0.15) is 11.7 Å². The van der Waals surface area contributed by atoms with Crippen LogP contribution in [-0.4, -0.2) is 37.7 Å². The summed E-state index contributed by atoms with van der Waals surface area (Å²) in [6, 6.07) is 3.68. The zero-order valence-electron chi connectivity index (χ0n) is 11.5. The molecule has 0 bridgehead atoms. The second-order valence-corrected chi connectivity index (χ2v) is 4.78. The van der Waals surface area contributed by atoms with E-state index in [9.17, 15) is 0 Å². The van der Waals surface area contributed by atoms with E-state index in [1.165, 1.54) is 6.33 Å². The zero-order valence-corrected chi connectivity index (χ0v) is 12.2. The summed E-state index contributed by atoms with van der Waals surface area (Å²) >= 11 is 5.85. The predicted octanol–water partition coefficient (Wildman–Crippen LogP) is 1.85. The third-order valence-electron chi connectivity index (χ3n) is 3.13. The smallest absolute Gasteiger partial charge is 0.228 e. The van der Waals surface area contributed by atoms with Gasteiger partial charge in [0.05, 0.1) is 7.11 Å². The standard InChI is InChI=1S/C13H14ClN5O2/c1-20-12-3-2-9-13(18-12)19(10(17-9)4-6-14)7-5-11-15-8-16-21-11/h2-3,8H,4-7H2,1H3. The third kappa shape index (κ3) is 2.82. The summed E-state index contributed by atoms with van der Waals surface area (Å²) in [4.78, 5) is 13.1. The quantitative estimate of drug-likeness (QED) is 0.647. The topological polar surface area (TPSA) is 78.9 Å². The molecule has 8 heteroatoms. The van der Waals surface area contributed by atoms with Gasteiger partial charge in [-0.1, -0.05) is 5.16 Å². The maximum absolute atomic E-state index is 5.85. The van der Waals surface area contributed by atoms with Crippen molar-refractivity contribution in [3.8, 4) is 5.88 Å². The fraction of sp³-hybridized carbons (Fsp3) is 0.385. The molecule has 0 aliphatic rings. The monoisotopic (exact) mass is 307 g/mol. The van der Waals surface area contributed by atoms with Crippen molar-refractivity contribution in [1.29, 1.82) is 0 Å². The van der Waals surface area contributed by atoms with Crippen LogP contribution in [0.5, 0.6) is 5.88 Å². The van der Waals surface area contributed by atoms with Crippen LogP contribution in [0.2, 0.25) is 0 Å². The normalized spacial score (nSPS) is 11.1. The first-order valence-electron chi connectivity index (χ1n) is 6.53. The van der Waals surface area contributed by atoms with Crippen LogP contribution in [-0.2, 0) is 19.4 Å². The van der Waals surface area contributed by atoms with E-state index in [2.05, 4.69) is 20.1 Å². The maximum atomic E-state index is 5.85. The lowest BCUT2D eigenvalue weighted by molar-refractivity contribution is 0.370. The van der Waals surface area contributed by atoms with Crippen molar-refractivity contribution in [3.63, 3.8) is 0 Å². The van der Waals surface area contributed by atoms with E-state index in [0.717, 1.165) is 17.0 Å². The summed E-state index contributed by atoms with van der Waals surface area (Å²) in [6.45, 7) is 0.644. The molecule has 0 spiro atoms. The lowest BCUT2D eigenvalue weighted by atomic mass is 10.3. The second-order valence-electron chi connectivity index (χ2n) is 4.40. The minimum Gasteiger partial charge on any atom is -0.481 e. The van der Waals surface area contributed by atoms with Crippen LogP contribution in [0.3, 0.4) is 0 Å². The number of hydrogen-bond donors (Lipinski definition) is 0. The molecule has 0 N–H and O–H groups in total. The molecule has 3 aromatic rings. The van der Waals surface area contributed by atoms with Gasteiger partial charge < -0.3 is 13.8 Å². The van der Waals surface area contributed by atoms with Gasteiger partial charge in [0.2, 0.25) is 11.8 Å². The number of fused-ring (bicyclic) bond motifs is 1. The lowest BCUT2D eigenvalue weighted by Gasteiger charge is -2.06. The average molecular weight is 308 g/mol. The number of ether oxygens (including phenoxy) is 1. The van der Waals surface area contributed by atoms with Crippen molar-refractivity contribution in [2.45, 2.75) is 19.4 Å². The number of alkyl halides is 1. The number of methoxy groups -OCH3 is 1. The Hall–Kier alpha value is -2.15. The molecule has 3 heterocycles. The highest BCUT2D eigenvalue weighted by Gasteiger charge is 2.13. The fourth-order valence-electron chi connectivity index (χ4n) is 2.17. The van der Waals surface area contributed by atoms with Crippen molar-refractivity contribution < 1.29 is 9.26 Å². The van der Waals surface area contributed by atoms with E-state index in [1.807, 2.05) is 10.6 Å². The SMILES string of the molecule is COc1ccc2nc(CCCl)n(CCc3ncno3)c2n1. The molecule has 0 saturated heterocycles. The van der Waals surface area contributed by atoms with E-state index in [1.54, 1.807) is 13.2 Å². The van der Waals surface area contributed by atoms with Gasteiger partial charge in [-0.25, -0.2) is 4.98 Å². The molecule has 3 aromatic heterocycles. The van der Waals surface area contributed by atoms with Crippen LogP contribution >= 0.6 is 11.6 Å². The number of imidazole rings is 1. The average Bonchev–Trinajstić information content (AvgIpc) is 3.12. The van der Waals surface area contributed by atoms with Gasteiger partial charge in [0.1, 0.15) is 11.3 Å². The van der Waals surface area contributed by atoms with Gasteiger partial charge in [-0.15, -0.1) is 11.6 Å². The van der Waals surface area contributed by atoms with Crippen molar-refractivity contribution in [2.24, 2.45) is 0 Å². The molecule has 0 radical (unpaired) electrons. The highest BCUT2D eigenvalue weighted by molar-refractivity contribution is 6.17. The summed E-state index contributed by atoms with van der Waals surface area (Å²) in [5.74, 6) is 2.52. The molecular formula is C13H14ClN5O2. The highest BCUT2D eigenvalue weighted by Crippen LogP contribution is 2.19. The molecule has 0 amide bonds. The molecule has 0 atom stereocenters. The molecule has 0 saturated carbocycles. The van der Waals surface area contributed by atoms with Gasteiger partial charge in [0, 0.05) is 31.3 Å². The van der Waals surface area contributed by atoms with Crippen molar-refractivity contribution in [3.05, 3.63) is 30.2 Å². The van der Waals surface area contributed by atoms with Gasteiger partial charge in [-0.3, -0.25) is 0 Å². The van der Waals surface area contributed by atoms with Crippen molar-refractivity contribution in [2.75, 3.05) is 13.0 Å². The zero-order chi connectivity index (χ0) is 14.7. The first kappa shape index (κ1) is 13.8. The summed E-state index contributed by atoms with van der Waals surface area (Å²) in [5.41, 5.74) is 1.59. The van der Waals surface area contributed by atoms with E-state index in [0.29, 0.717) is 37.0 Å². The van der Waals surface area contributed by atoms with Crippen LogP contribution < -0.4 is 4.74 Å². The van der Waals surface area contributed by atoms with E-state index in [-0.39, 0.29) is 0 Å². The van der Waals surface area contributed by atoms with Crippen LogP contribution in [0.4, 0.5) is 0 Å². The van der Waals surface area contributed by atoms with E-state index < -0.39 is 0 Å². The predicted molar refractivity (Wildman–Crippen MR) is 76.5 cm³/mol. The Kier molecular flexibility index (Phi) is 4.01. The summed E-state index contributed by atoms with van der Waals surface area (Å²) in [7, 11) is 1.59. The number of aromatic nitrogens is 5. The molecule has 0 aromatic carbocycles. The highest BCUT2D eigenvalue weighted by atomic mass is 35.5. The minimum atomic E-state index is 0.501. The lowest BCUT2D eigenvalue weighted by Crippen LogP contribution is -2.08. The minimum absolute atomic E-state index is 0.501. The number of nitrogens with zero attached hydrogens (tertiary/aromatic N) is 5. The number of rotatable bonds is 6. The maximum Gasteiger partial charge on any atom is 0.228 e. The summed E-state index contributed by atoms with van der Waals surface area (Å²) in [5, 5.41) is 3.60. The Morgan fingerprint density at radius 3 is 2.90 bits per heavy atom. The van der Waals surface area contributed by atoms with Crippen LogP contribution in [0.15, 0.2) is 23.0 Å². The van der Waals surface area contributed by atoms with Gasteiger partial charge in [-0.05, 0) is 6.07 Å². The molecule has 0 unspecified atom stereocenters. The van der Waals surface area contributed by atoms with Crippen molar-refractivity contribution >= 4 is 22.8 Å². The second kappa shape index (κ2) is 6.09. The Balaban J connectivity index is 1.97. The van der Waals surface area contributed by atoms with Gasteiger partial charge in [0.25, 0.3) is 0 Å². The molecule has 21 heavy (non-hydrogen) atoms. The Morgan fingerprint density at radius 2 is 2.19 bits per heavy atom. The summed E-state index contributed by atoms with van der Waals surface area (Å²) < 4.78 is 12.2. The fourth-order valence-corrected chi connectivity index (χ4v) is 2.34.